The van der Waals surface area contributed by atoms with E-state index in [-0.39, 0.29) is 0 Å². The van der Waals surface area contributed by atoms with Crippen LogP contribution >= 0.6 is 0 Å². The summed E-state index contributed by atoms with van der Waals surface area (Å²) in [4.78, 5) is 0. The number of benzene rings is 12. The Labute approximate surface area is 464 Å². The molecule has 4 heteroatoms. The van der Waals surface area contributed by atoms with E-state index < -0.39 is 10.8 Å². The summed E-state index contributed by atoms with van der Waals surface area (Å²) in [5.41, 5.74) is 24.1. The molecule has 0 bridgehead atoms. The highest BCUT2D eigenvalue weighted by Gasteiger charge is 2.53. The molecule has 0 N–H and O–H groups in total. The fourth-order valence-electron chi connectivity index (χ4n) is 14.0. The molecule has 0 aromatic heterocycles. The van der Waals surface area contributed by atoms with Crippen LogP contribution in [0.3, 0.4) is 0 Å². The van der Waals surface area contributed by atoms with Crippen molar-refractivity contribution in [3.63, 3.8) is 0 Å². The van der Waals surface area contributed by atoms with Crippen LogP contribution in [0.5, 0.6) is 23.0 Å². The molecule has 0 radical (unpaired) electrons. The molecule has 2 aliphatic heterocycles. The lowest BCUT2D eigenvalue weighted by atomic mass is 9.65. The molecule has 4 aliphatic rings. The largest absolute Gasteiger partial charge is 0.457 e. The number of nitrogens with zero attached hydrogens (tertiary/aromatic N) is 2. The van der Waals surface area contributed by atoms with E-state index in [1.165, 1.54) is 44.5 Å². The lowest BCUT2D eigenvalue weighted by molar-refractivity contribution is 0.436. The minimum Gasteiger partial charge on any atom is -0.457 e. The van der Waals surface area contributed by atoms with E-state index in [1.807, 2.05) is 42.5 Å². The highest BCUT2D eigenvalue weighted by Crippen LogP contribution is 2.65. The maximum atomic E-state index is 10.3. The van der Waals surface area contributed by atoms with Crippen molar-refractivity contribution in [2.45, 2.75) is 10.8 Å². The summed E-state index contributed by atoms with van der Waals surface area (Å²) in [5.74, 6) is 3.32. The first-order valence-corrected chi connectivity index (χ1v) is 27.1. The van der Waals surface area contributed by atoms with Crippen molar-refractivity contribution in [2.75, 3.05) is 0 Å². The lowest BCUT2D eigenvalue weighted by Crippen LogP contribution is -2.32. The van der Waals surface area contributed by atoms with Crippen LogP contribution in [0.15, 0.2) is 267 Å². The molecule has 0 fully saturated rings. The molecule has 16 rings (SSSR count). The van der Waals surface area contributed by atoms with Crippen molar-refractivity contribution < 1.29 is 9.47 Å². The predicted molar refractivity (Wildman–Crippen MR) is 318 cm³/mol. The van der Waals surface area contributed by atoms with Gasteiger partial charge < -0.3 is 9.47 Å². The molecule has 2 aliphatic carbocycles. The standard InChI is InChI=1S/C76H44N2O2/c77-45-47-15-13-18-52(39-47)62-41-49(51-34-38-73-69(43-51)75(66-27-9-11-29-71(66)79-73)63-24-6-3-21-58(63)59-22-4-7-25-64(59)75)31-35-57(62)54-32-36-61-60-23-5-8-26-65(60)76(68(61)44-54)67-28-10-12-30-72(67)80-74-37-33-50(42-70(74)76)48-17-14-19-53(40-48)56-20-2-1-16-55(56)46-78/h1-44H. The molecule has 2 heterocycles. The van der Waals surface area contributed by atoms with Crippen molar-refractivity contribution in [1.29, 1.82) is 10.5 Å². The fourth-order valence-corrected chi connectivity index (χ4v) is 14.0. The summed E-state index contributed by atoms with van der Waals surface area (Å²) < 4.78 is 13.8. The maximum Gasteiger partial charge on any atom is 0.132 e. The number of nitriles is 2. The number of rotatable bonds is 5. The van der Waals surface area contributed by atoms with Gasteiger partial charge in [-0.2, -0.15) is 10.5 Å². The van der Waals surface area contributed by atoms with Gasteiger partial charge in [0.25, 0.3) is 0 Å². The van der Waals surface area contributed by atoms with E-state index in [9.17, 15) is 10.5 Å². The molecule has 1 unspecified atom stereocenters. The number of para-hydroxylation sites is 2. The third kappa shape index (κ3) is 6.36. The van der Waals surface area contributed by atoms with Crippen LogP contribution in [-0.2, 0) is 10.8 Å². The summed E-state index contributed by atoms with van der Waals surface area (Å²) >= 11 is 0. The molecule has 4 nitrogen and oxygen atoms in total. The molecular formula is C76H44N2O2. The topological polar surface area (TPSA) is 66.0 Å². The predicted octanol–water partition coefficient (Wildman–Crippen LogP) is 18.7. The Morgan fingerprint density at radius 2 is 0.637 bits per heavy atom. The number of fused-ring (bicyclic) bond motifs is 18. The van der Waals surface area contributed by atoms with Crippen LogP contribution < -0.4 is 9.47 Å². The molecular weight excluding hydrogens is 973 g/mol. The Balaban J connectivity index is 0.892. The zero-order chi connectivity index (χ0) is 53.1. The van der Waals surface area contributed by atoms with Crippen LogP contribution in [0.1, 0.15) is 55.6 Å². The minimum absolute atomic E-state index is 0.596. The Morgan fingerprint density at radius 1 is 0.237 bits per heavy atom. The van der Waals surface area contributed by atoms with Crippen LogP contribution in [-0.4, -0.2) is 0 Å². The zero-order valence-corrected chi connectivity index (χ0v) is 43.1. The molecule has 2 spiro atoms. The van der Waals surface area contributed by atoms with Gasteiger partial charge >= 0.3 is 0 Å². The second-order valence-electron chi connectivity index (χ2n) is 21.2. The molecule has 80 heavy (non-hydrogen) atoms. The Kier molecular flexibility index (Phi) is 9.86. The first kappa shape index (κ1) is 45.4. The second-order valence-corrected chi connectivity index (χ2v) is 21.2. The normalized spacial score (nSPS) is 14.8. The fraction of sp³-hybridized carbons (Fsp3) is 0.0263. The summed E-state index contributed by atoms with van der Waals surface area (Å²) in [6, 6.07) is 99.6. The zero-order valence-electron chi connectivity index (χ0n) is 43.1. The van der Waals surface area contributed by atoms with Crippen molar-refractivity contribution >= 4 is 0 Å². The highest BCUT2D eigenvalue weighted by atomic mass is 16.5. The number of hydrogen-bond acceptors (Lipinski definition) is 4. The minimum atomic E-state index is -0.759. The van der Waals surface area contributed by atoms with Gasteiger partial charge in [-0.25, -0.2) is 0 Å². The van der Waals surface area contributed by atoms with Crippen molar-refractivity contribution in [2.24, 2.45) is 0 Å². The SMILES string of the molecule is N#Cc1cccc(-c2cc(-c3ccc4c(c3)C3(c5ccccc5O4)c4ccccc4-c4ccccc43)ccc2-c2ccc3c(c2)C2(c4ccccc4Oc4ccc(-c5cccc(-c6ccccc6C#N)c5)cc42)c2ccccc2-3)c1. The van der Waals surface area contributed by atoms with Crippen molar-refractivity contribution in [1.82, 2.24) is 0 Å². The molecule has 0 amide bonds. The monoisotopic (exact) mass is 1020 g/mol. The quantitative estimate of drug-likeness (QED) is 0.172. The van der Waals surface area contributed by atoms with Gasteiger partial charge in [0.2, 0.25) is 0 Å². The Bertz CT molecular complexity index is 4680. The molecule has 0 saturated carbocycles. The molecule has 1 atom stereocenters. The first-order valence-electron chi connectivity index (χ1n) is 27.1. The van der Waals surface area contributed by atoms with Gasteiger partial charge in [0.05, 0.1) is 34.1 Å². The lowest BCUT2D eigenvalue weighted by Gasteiger charge is -2.39. The van der Waals surface area contributed by atoms with Crippen molar-refractivity contribution in [3.8, 4) is 113 Å². The van der Waals surface area contributed by atoms with Crippen LogP contribution in [0, 0.1) is 22.7 Å². The molecule has 370 valence electrons. The highest BCUT2D eigenvalue weighted by molar-refractivity contribution is 5.95. The van der Waals surface area contributed by atoms with Crippen molar-refractivity contribution in [3.05, 3.63) is 323 Å². The average Bonchev–Trinajstić information content (AvgIpc) is 3.94. The van der Waals surface area contributed by atoms with E-state index in [0.717, 1.165) is 101 Å². The number of ether oxygens (including phenoxy) is 2. The molecule has 12 aromatic carbocycles. The van der Waals surface area contributed by atoms with Crippen LogP contribution in [0.25, 0.3) is 77.9 Å². The van der Waals surface area contributed by atoms with Gasteiger partial charge in [-0.15, -0.1) is 0 Å². The Hall–Kier alpha value is -10.8. The Morgan fingerprint density at radius 3 is 1.24 bits per heavy atom. The first-order chi connectivity index (χ1) is 39.5. The average molecular weight is 1020 g/mol. The van der Waals surface area contributed by atoms with Gasteiger partial charge in [0, 0.05) is 22.3 Å². The summed E-state index contributed by atoms with van der Waals surface area (Å²) in [6.07, 6.45) is 0. The van der Waals surface area contributed by atoms with E-state index in [0.29, 0.717) is 11.1 Å². The third-order valence-corrected chi connectivity index (χ3v) is 17.3. The van der Waals surface area contributed by atoms with Gasteiger partial charge in [-0.05, 0) is 173 Å². The maximum absolute atomic E-state index is 10.3. The third-order valence-electron chi connectivity index (χ3n) is 17.3. The molecule has 0 saturated heterocycles. The second kappa shape index (κ2) is 17.4. The smallest absolute Gasteiger partial charge is 0.132 e. The van der Waals surface area contributed by atoms with Gasteiger partial charge in [0.1, 0.15) is 23.0 Å². The summed E-state index contributed by atoms with van der Waals surface area (Å²) in [6.45, 7) is 0. The summed E-state index contributed by atoms with van der Waals surface area (Å²) in [5, 5.41) is 20.4. The van der Waals surface area contributed by atoms with Gasteiger partial charge in [-0.3, -0.25) is 0 Å². The van der Waals surface area contributed by atoms with E-state index >= 15 is 0 Å². The van der Waals surface area contributed by atoms with Crippen LogP contribution in [0.4, 0.5) is 0 Å². The van der Waals surface area contributed by atoms with Crippen LogP contribution in [0.2, 0.25) is 0 Å². The summed E-state index contributed by atoms with van der Waals surface area (Å²) in [7, 11) is 0. The van der Waals surface area contributed by atoms with E-state index in [2.05, 4.69) is 237 Å². The van der Waals surface area contributed by atoms with E-state index in [1.54, 1.807) is 0 Å². The van der Waals surface area contributed by atoms with E-state index in [4.69, 9.17) is 9.47 Å². The van der Waals surface area contributed by atoms with Gasteiger partial charge in [0.15, 0.2) is 0 Å². The number of hydrogen-bond donors (Lipinski definition) is 0. The molecule has 12 aromatic rings. The van der Waals surface area contributed by atoms with Gasteiger partial charge in [-0.1, -0.05) is 194 Å².